The smallest absolute Gasteiger partial charge is 0.228 e. The number of amides is 1. The molecule has 104 valence electrons. The van der Waals surface area contributed by atoms with Crippen LogP contribution in [0.4, 0.5) is 5.69 Å². The lowest BCUT2D eigenvalue weighted by molar-refractivity contribution is -0.130. The highest BCUT2D eigenvalue weighted by Gasteiger charge is 2.13. The Balaban J connectivity index is 2.00. The van der Waals surface area contributed by atoms with Crippen LogP contribution in [-0.4, -0.2) is 27.3 Å². The van der Waals surface area contributed by atoms with Crippen molar-refractivity contribution in [2.24, 2.45) is 0 Å². The van der Waals surface area contributed by atoms with Gasteiger partial charge in [-0.15, -0.1) is 0 Å². The van der Waals surface area contributed by atoms with Crippen LogP contribution in [0.1, 0.15) is 18.2 Å². The van der Waals surface area contributed by atoms with Crippen molar-refractivity contribution in [3.05, 3.63) is 54.1 Å². The third-order valence-electron chi connectivity index (χ3n) is 3.04. The van der Waals surface area contributed by atoms with Crippen LogP contribution in [0.25, 0.3) is 0 Å². The number of rotatable bonds is 5. The van der Waals surface area contributed by atoms with Gasteiger partial charge in [-0.05, 0) is 36.8 Å². The van der Waals surface area contributed by atoms with Crippen molar-refractivity contribution < 1.29 is 4.79 Å². The summed E-state index contributed by atoms with van der Waals surface area (Å²) in [6.45, 7) is 3.22. The molecule has 2 N–H and O–H groups in total. The number of nitrogen functional groups attached to an aromatic ring is 1. The number of nitrogens with two attached hydrogens (primary N) is 1. The summed E-state index contributed by atoms with van der Waals surface area (Å²) in [6.07, 6.45) is 5.32. The molecule has 0 saturated carbocycles. The zero-order valence-corrected chi connectivity index (χ0v) is 11.5. The third-order valence-corrected chi connectivity index (χ3v) is 3.04. The van der Waals surface area contributed by atoms with Gasteiger partial charge in [0, 0.05) is 31.2 Å². The molecule has 0 aliphatic rings. The summed E-state index contributed by atoms with van der Waals surface area (Å²) >= 11 is 0. The van der Waals surface area contributed by atoms with Gasteiger partial charge in [0.1, 0.15) is 0 Å². The Morgan fingerprint density at radius 3 is 2.60 bits per heavy atom. The second-order valence-electron chi connectivity index (χ2n) is 4.52. The van der Waals surface area contributed by atoms with E-state index in [9.17, 15) is 4.79 Å². The number of aromatic nitrogens is 2. The van der Waals surface area contributed by atoms with Gasteiger partial charge in [-0.3, -0.25) is 14.8 Å². The van der Waals surface area contributed by atoms with E-state index in [0.29, 0.717) is 25.2 Å². The molecule has 5 nitrogen and oxygen atoms in total. The minimum Gasteiger partial charge on any atom is -0.397 e. The number of anilines is 1. The van der Waals surface area contributed by atoms with Gasteiger partial charge in [0.2, 0.25) is 5.91 Å². The maximum Gasteiger partial charge on any atom is 0.228 e. The van der Waals surface area contributed by atoms with E-state index in [2.05, 4.69) is 9.97 Å². The Labute approximate surface area is 118 Å². The van der Waals surface area contributed by atoms with Gasteiger partial charge in [0.25, 0.3) is 0 Å². The van der Waals surface area contributed by atoms with Crippen molar-refractivity contribution in [1.29, 1.82) is 0 Å². The Bertz CT molecular complexity index is 554. The fraction of sp³-hybridized carbons (Fsp3) is 0.267. The molecule has 0 fully saturated rings. The Hall–Kier alpha value is -2.43. The van der Waals surface area contributed by atoms with Crippen LogP contribution >= 0.6 is 0 Å². The van der Waals surface area contributed by atoms with Crippen LogP contribution in [0, 0.1) is 0 Å². The van der Waals surface area contributed by atoms with E-state index in [1.54, 1.807) is 35.6 Å². The predicted octanol–water partition coefficient (Wildman–Crippen LogP) is 1.65. The molecule has 2 aromatic heterocycles. The van der Waals surface area contributed by atoms with Gasteiger partial charge in [0.05, 0.1) is 18.3 Å². The number of carbonyl (C=O) groups excluding carboxylic acids is 1. The van der Waals surface area contributed by atoms with Crippen molar-refractivity contribution in [1.82, 2.24) is 14.9 Å². The summed E-state index contributed by atoms with van der Waals surface area (Å²) in [6, 6.07) is 7.37. The average molecular weight is 270 g/mol. The molecular formula is C15H18N4O. The summed E-state index contributed by atoms with van der Waals surface area (Å²) in [5.74, 6) is 0.0570. The summed E-state index contributed by atoms with van der Waals surface area (Å²) in [4.78, 5) is 22.2. The van der Waals surface area contributed by atoms with Gasteiger partial charge >= 0.3 is 0 Å². The molecule has 2 heterocycles. The number of nitrogens with zero attached hydrogens (tertiary/aromatic N) is 3. The zero-order valence-electron chi connectivity index (χ0n) is 11.5. The fourth-order valence-electron chi connectivity index (χ4n) is 1.89. The van der Waals surface area contributed by atoms with Gasteiger partial charge < -0.3 is 10.6 Å². The Kier molecular flexibility index (Phi) is 4.65. The van der Waals surface area contributed by atoms with Gasteiger partial charge in [-0.25, -0.2) is 0 Å². The molecule has 0 spiro atoms. The number of hydrogen-bond donors (Lipinski definition) is 1. The van der Waals surface area contributed by atoms with E-state index in [0.717, 1.165) is 11.3 Å². The second kappa shape index (κ2) is 6.65. The van der Waals surface area contributed by atoms with E-state index in [-0.39, 0.29) is 5.91 Å². The largest absolute Gasteiger partial charge is 0.397 e. The van der Waals surface area contributed by atoms with Crippen LogP contribution in [0.5, 0.6) is 0 Å². The van der Waals surface area contributed by atoms with Crippen molar-refractivity contribution in [3.63, 3.8) is 0 Å². The molecule has 2 rings (SSSR count). The SMILES string of the molecule is CCN(Cc1ccncc1)C(=O)Cc1ccc(N)cn1. The van der Waals surface area contributed by atoms with Gasteiger partial charge in [0.15, 0.2) is 0 Å². The first-order chi connectivity index (χ1) is 9.69. The minimum absolute atomic E-state index is 0.0570. The van der Waals surface area contributed by atoms with Crippen LogP contribution in [0.15, 0.2) is 42.9 Å². The Morgan fingerprint density at radius 1 is 1.25 bits per heavy atom. The first-order valence-electron chi connectivity index (χ1n) is 6.56. The normalized spacial score (nSPS) is 10.2. The van der Waals surface area contributed by atoms with Crippen LogP contribution in [0.3, 0.4) is 0 Å². The average Bonchev–Trinajstić information content (AvgIpc) is 2.48. The van der Waals surface area contributed by atoms with Crippen molar-refractivity contribution in [2.45, 2.75) is 19.9 Å². The molecule has 1 amide bonds. The zero-order chi connectivity index (χ0) is 14.4. The van der Waals surface area contributed by atoms with E-state index in [4.69, 9.17) is 5.73 Å². The van der Waals surface area contributed by atoms with Crippen molar-refractivity contribution in [2.75, 3.05) is 12.3 Å². The van der Waals surface area contributed by atoms with Crippen LogP contribution in [0.2, 0.25) is 0 Å². The molecule has 0 aromatic carbocycles. The number of carbonyl (C=O) groups is 1. The lowest BCUT2D eigenvalue weighted by atomic mass is 10.2. The fourth-order valence-corrected chi connectivity index (χ4v) is 1.89. The second-order valence-corrected chi connectivity index (χ2v) is 4.52. The number of hydrogen-bond acceptors (Lipinski definition) is 4. The molecule has 2 aromatic rings. The lowest BCUT2D eigenvalue weighted by Gasteiger charge is -2.20. The summed E-state index contributed by atoms with van der Waals surface area (Å²) in [5.41, 5.74) is 7.99. The first kappa shape index (κ1) is 14.0. The predicted molar refractivity (Wildman–Crippen MR) is 77.7 cm³/mol. The molecule has 0 radical (unpaired) electrons. The molecule has 0 aliphatic carbocycles. The van der Waals surface area contributed by atoms with E-state index < -0.39 is 0 Å². The third kappa shape index (κ3) is 3.78. The molecule has 0 atom stereocenters. The quantitative estimate of drug-likeness (QED) is 0.896. The highest BCUT2D eigenvalue weighted by Crippen LogP contribution is 2.07. The standard InChI is InChI=1S/C15H18N4O/c1-2-19(11-12-5-7-17-8-6-12)15(20)9-14-4-3-13(16)10-18-14/h3-8,10H,2,9,11,16H2,1H3. The number of pyridine rings is 2. The van der Waals surface area contributed by atoms with E-state index >= 15 is 0 Å². The van der Waals surface area contributed by atoms with E-state index in [1.807, 2.05) is 19.1 Å². The summed E-state index contributed by atoms with van der Waals surface area (Å²) in [7, 11) is 0. The van der Waals surface area contributed by atoms with Crippen molar-refractivity contribution >= 4 is 11.6 Å². The maximum atomic E-state index is 12.3. The molecule has 0 aliphatic heterocycles. The monoisotopic (exact) mass is 270 g/mol. The van der Waals surface area contributed by atoms with Crippen LogP contribution < -0.4 is 5.73 Å². The topological polar surface area (TPSA) is 72.1 Å². The molecular weight excluding hydrogens is 252 g/mol. The molecule has 5 heteroatoms. The van der Waals surface area contributed by atoms with Gasteiger partial charge in [-0.1, -0.05) is 0 Å². The lowest BCUT2D eigenvalue weighted by Crippen LogP contribution is -2.31. The van der Waals surface area contributed by atoms with E-state index in [1.165, 1.54) is 0 Å². The highest BCUT2D eigenvalue weighted by molar-refractivity contribution is 5.78. The highest BCUT2D eigenvalue weighted by atomic mass is 16.2. The van der Waals surface area contributed by atoms with Crippen LogP contribution in [-0.2, 0) is 17.8 Å². The molecule has 0 saturated heterocycles. The minimum atomic E-state index is 0.0570. The summed E-state index contributed by atoms with van der Waals surface area (Å²) in [5, 5.41) is 0. The molecule has 0 bridgehead atoms. The van der Waals surface area contributed by atoms with Crippen molar-refractivity contribution in [3.8, 4) is 0 Å². The first-order valence-corrected chi connectivity index (χ1v) is 6.56. The molecule has 20 heavy (non-hydrogen) atoms. The molecule has 0 unspecified atom stereocenters. The Morgan fingerprint density at radius 2 is 2.00 bits per heavy atom. The number of likely N-dealkylation sites (N-methyl/N-ethyl adjacent to an activating group) is 1. The maximum absolute atomic E-state index is 12.3. The summed E-state index contributed by atoms with van der Waals surface area (Å²) < 4.78 is 0. The van der Waals surface area contributed by atoms with Gasteiger partial charge in [-0.2, -0.15) is 0 Å².